The van der Waals surface area contributed by atoms with Gasteiger partial charge in [-0.1, -0.05) is 34.1 Å². The lowest BCUT2D eigenvalue weighted by Gasteiger charge is -2.12. The molecule has 0 spiro atoms. The van der Waals surface area contributed by atoms with Crippen LogP contribution in [0.2, 0.25) is 0 Å². The van der Waals surface area contributed by atoms with Crippen LogP contribution in [0.3, 0.4) is 0 Å². The lowest BCUT2D eigenvalue weighted by atomic mass is 10.1. The number of thioether (sulfide) groups is 1. The molecule has 0 radical (unpaired) electrons. The molecule has 1 saturated heterocycles. The molecule has 0 aliphatic carbocycles. The van der Waals surface area contributed by atoms with Crippen LogP contribution in [0.4, 0.5) is 10.5 Å². The number of aromatic hydroxyl groups is 1. The Kier molecular flexibility index (Phi) is 5.10. The molecule has 7 nitrogen and oxygen atoms in total. The second-order valence-corrected chi connectivity index (χ2v) is 7.27. The molecule has 0 saturated carbocycles. The third-order valence-corrected chi connectivity index (χ3v) is 5.07. The Morgan fingerprint density at radius 2 is 1.96 bits per heavy atom. The molecule has 1 aliphatic rings. The summed E-state index contributed by atoms with van der Waals surface area (Å²) >= 11 is 4.00. The zero-order valence-electron chi connectivity index (χ0n) is 13.1. The van der Waals surface area contributed by atoms with E-state index in [9.17, 15) is 24.8 Å². The first-order valence-corrected chi connectivity index (χ1v) is 8.94. The first-order valence-electron chi connectivity index (χ1n) is 7.33. The lowest BCUT2D eigenvalue weighted by Crippen LogP contribution is -2.27. The van der Waals surface area contributed by atoms with Crippen LogP contribution in [0.15, 0.2) is 51.8 Å². The minimum Gasteiger partial charge on any atom is -0.507 e. The number of nitrogens with zero attached hydrogens (tertiary/aromatic N) is 2. The van der Waals surface area contributed by atoms with Crippen molar-refractivity contribution in [1.29, 1.82) is 0 Å². The lowest BCUT2D eigenvalue weighted by molar-refractivity contribution is -0.385. The Labute approximate surface area is 160 Å². The molecule has 9 heteroatoms. The van der Waals surface area contributed by atoms with Crippen LogP contribution < -0.4 is 0 Å². The van der Waals surface area contributed by atoms with E-state index in [0.29, 0.717) is 10.0 Å². The number of benzene rings is 2. The van der Waals surface area contributed by atoms with Crippen molar-refractivity contribution in [3.05, 3.63) is 73.1 Å². The molecule has 3 rings (SSSR count). The van der Waals surface area contributed by atoms with Crippen LogP contribution in [0.1, 0.15) is 11.1 Å². The smallest absolute Gasteiger partial charge is 0.293 e. The number of nitro benzene ring substituents is 1. The first-order chi connectivity index (χ1) is 12.4. The Morgan fingerprint density at radius 3 is 2.69 bits per heavy atom. The highest BCUT2D eigenvalue weighted by Crippen LogP contribution is 2.36. The van der Waals surface area contributed by atoms with Gasteiger partial charge < -0.3 is 5.11 Å². The number of carbonyl (C=O) groups is 2. The van der Waals surface area contributed by atoms with Gasteiger partial charge in [0.05, 0.1) is 16.4 Å². The number of halogens is 1. The van der Waals surface area contributed by atoms with Gasteiger partial charge in [0.1, 0.15) is 5.75 Å². The molecule has 1 aliphatic heterocycles. The zero-order valence-corrected chi connectivity index (χ0v) is 15.5. The molecular weight excluding hydrogens is 424 g/mol. The van der Waals surface area contributed by atoms with E-state index in [4.69, 9.17) is 0 Å². The molecule has 0 unspecified atom stereocenters. The van der Waals surface area contributed by atoms with Crippen molar-refractivity contribution in [3.8, 4) is 5.75 Å². The molecule has 2 aromatic rings. The van der Waals surface area contributed by atoms with Crippen LogP contribution in [0.25, 0.3) is 6.08 Å². The molecule has 0 aromatic heterocycles. The summed E-state index contributed by atoms with van der Waals surface area (Å²) in [4.78, 5) is 36.4. The maximum Gasteiger partial charge on any atom is 0.293 e. The summed E-state index contributed by atoms with van der Waals surface area (Å²) in [5, 5.41) is 20.5. The summed E-state index contributed by atoms with van der Waals surface area (Å²) in [6, 6.07) is 10.7. The van der Waals surface area contributed by atoms with Gasteiger partial charge in [-0.15, -0.1) is 0 Å². The van der Waals surface area contributed by atoms with Gasteiger partial charge in [0.15, 0.2) is 0 Å². The van der Waals surface area contributed by atoms with E-state index in [1.54, 1.807) is 18.2 Å². The fourth-order valence-electron chi connectivity index (χ4n) is 2.41. The quantitative estimate of drug-likeness (QED) is 0.437. The van der Waals surface area contributed by atoms with Gasteiger partial charge in [-0.3, -0.25) is 24.6 Å². The number of rotatable bonds is 4. The minimum absolute atomic E-state index is 0.0290. The molecule has 1 N–H and O–H groups in total. The molecule has 132 valence electrons. The van der Waals surface area contributed by atoms with E-state index >= 15 is 0 Å². The van der Waals surface area contributed by atoms with E-state index in [2.05, 4.69) is 15.9 Å². The summed E-state index contributed by atoms with van der Waals surface area (Å²) < 4.78 is 0.709. The van der Waals surface area contributed by atoms with Crippen molar-refractivity contribution in [3.63, 3.8) is 0 Å². The summed E-state index contributed by atoms with van der Waals surface area (Å²) in [5.41, 5.74) is 0.502. The minimum atomic E-state index is -0.558. The second-order valence-electron chi connectivity index (χ2n) is 5.36. The fraction of sp³-hybridized carbons (Fsp3) is 0.0588. The maximum absolute atomic E-state index is 12.6. The van der Waals surface area contributed by atoms with E-state index in [-0.39, 0.29) is 28.5 Å². The van der Waals surface area contributed by atoms with E-state index in [0.717, 1.165) is 16.7 Å². The van der Waals surface area contributed by atoms with Crippen molar-refractivity contribution in [2.24, 2.45) is 0 Å². The highest BCUT2D eigenvalue weighted by molar-refractivity contribution is 9.10. The Morgan fingerprint density at radius 1 is 1.23 bits per heavy atom. The van der Waals surface area contributed by atoms with Gasteiger partial charge >= 0.3 is 0 Å². The highest BCUT2D eigenvalue weighted by atomic mass is 79.9. The Bertz CT molecular complexity index is 960. The number of para-hydroxylation sites is 1. The van der Waals surface area contributed by atoms with Crippen molar-refractivity contribution in [1.82, 2.24) is 4.90 Å². The summed E-state index contributed by atoms with van der Waals surface area (Å²) in [7, 11) is 0. The Balaban J connectivity index is 1.89. The molecular formula is C17H11BrN2O5S. The standard InChI is InChI=1S/C17H11BrN2O5S/c18-12-5-6-14(21)11(7-12)8-15-16(22)19(17(23)26-15)9-10-3-1-2-4-13(10)20(24)25/h1-8,21H,9H2/b15-8-. The first kappa shape index (κ1) is 18.2. The van der Waals surface area contributed by atoms with Crippen LogP contribution >= 0.6 is 27.7 Å². The van der Waals surface area contributed by atoms with Crippen molar-refractivity contribution < 1.29 is 19.6 Å². The number of amides is 2. The van der Waals surface area contributed by atoms with E-state index < -0.39 is 16.1 Å². The van der Waals surface area contributed by atoms with Gasteiger partial charge in [0.2, 0.25) is 0 Å². The van der Waals surface area contributed by atoms with Crippen LogP contribution in [-0.2, 0) is 11.3 Å². The molecule has 2 amide bonds. The van der Waals surface area contributed by atoms with Gasteiger partial charge in [-0.2, -0.15) is 0 Å². The SMILES string of the molecule is O=C1S/C(=C\c2cc(Br)ccc2O)C(=O)N1Cc1ccccc1[N+](=O)[O-]. The summed E-state index contributed by atoms with van der Waals surface area (Å²) in [6.07, 6.45) is 1.42. The van der Waals surface area contributed by atoms with Crippen LogP contribution in [0.5, 0.6) is 5.75 Å². The van der Waals surface area contributed by atoms with Gasteiger partial charge in [-0.25, -0.2) is 0 Å². The largest absolute Gasteiger partial charge is 0.507 e. The topological polar surface area (TPSA) is 101 Å². The number of hydrogen-bond donors (Lipinski definition) is 1. The molecule has 26 heavy (non-hydrogen) atoms. The van der Waals surface area contributed by atoms with Crippen molar-refractivity contribution in [2.45, 2.75) is 6.54 Å². The number of carbonyl (C=O) groups excluding carboxylic acids is 2. The molecule has 0 atom stereocenters. The number of hydrogen-bond acceptors (Lipinski definition) is 6. The molecule has 1 fully saturated rings. The predicted octanol–water partition coefficient (Wildman–Crippen LogP) is 4.30. The highest BCUT2D eigenvalue weighted by Gasteiger charge is 2.36. The normalized spacial score (nSPS) is 15.7. The van der Waals surface area contributed by atoms with Crippen LogP contribution in [-0.4, -0.2) is 26.1 Å². The maximum atomic E-state index is 12.6. The monoisotopic (exact) mass is 434 g/mol. The average Bonchev–Trinajstić information content (AvgIpc) is 2.86. The van der Waals surface area contributed by atoms with Gasteiger partial charge in [-0.05, 0) is 36.0 Å². The zero-order chi connectivity index (χ0) is 18.8. The average molecular weight is 435 g/mol. The van der Waals surface area contributed by atoms with Crippen molar-refractivity contribution in [2.75, 3.05) is 0 Å². The molecule has 0 bridgehead atoms. The third-order valence-electron chi connectivity index (χ3n) is 3.67. The number of phenols is 1. The fourth-order valence-corrected chi connectivity index (χ4v) is 3.62. The number of imide groups is 1. The summed E-state index contributed by atoms with van der Waals surface area (Å²) in [5.74, 6) is -0.587. The van der Waals surface area contributed by atoms with Gasteiger partial charge in [0, 0.05) is 21.7 Å². The van der Waals surface area contributed by atoms with E-state index in [1.165, 1.54) is 30.3 Å². The predicted molar refractivity (Wildman–Crippen MR) is 100 cm³/mol. The molecule has 2 aromatic carbocycles. The second kappa shape index (κ2) is 7.30. The van der Waals surface area contributed by atoms with Crippen LogP contribution in [0, 0.1) is 10.1 Å². The number of phenolic OH excluding ortho intramolecular Hbond substituents is 1. The van der Waals surface area contributed by atoms with Crippen molar-refractivity contribution >= 4 is 50.6 Å². The van der Waals surface area contributed by atoms with E-state index in [1.807, 2.05) is 0 Å². The third kappa shape index (κ3) is 3.63. The Hall–Kier alpha value is -2.65. The number of nitro groups is 1. The van der Waals surface area contributed by atoms with Gasteiger partial charge in [0.25, 0.3) is 16.8 Å². The summed E-state index contributed by atoms with van der Waals surface area (Å²) in [6.45, 7) is -0.191. The molecule has 1 heterocycles.